The predicted molar refractivity (Wildman–Crippen MR) is 473 cm³/mol. The number of aromatic nitrogens is 6. The van der Waals surface area contributed by atoms with Crippen LogP contribution in [0.25, 0.3) is 0 Å². The molecule has 0 bridgehead atoms. The van der Waals surface area contributed by atoms with Gasteiger partial charge in [-0.2, -0.15) is 0 Å². The maximum Gasteiger partial charge on any atom is 0.168 e. The second-order valence-corrected chi connectivity index (χ2v) is 36.4. The molecule has 12 aliphatic heterocycles. The second kappa shape index (κ2) is 33.9. The Morgan fingerprint density at radius 3 is 0.992 bits per heavy atom. The average molecular weight is 1700 g/mol. The SMILES string of the molecule is CN1C[C@@H]2c3ncc(O)cc3Oc3ccc(O)cc3[C@@H]2C1.CN1C[C@@H]2c3ncccc3Oc3cc(O)ccc3[C@@H]2C1.CN1C[C@@H]2c3ncccc3Oc3ccccc3[C@@H]2C1.Cc1cnc2c(c1)Oc1cc(F)c(C)cc1[C@@H]1CN(C)C[C@H]21.Cc1cnc2c(c1)Oc1cc(F)c(C)cc1[C@@H]1CN(C)C[C@H]21.Cc1cnc2c(c1)Oc1cc(F)c(O)cc1[C@@H]1CN(C)C[C@H]21. The third-order valence-corrected chi connectivity index (χ3v) is 26.9. The van der Waals surface area contributed by atoms with Crippen molar-refractivity contribution in [2.24, 2.45) is 0 Å². The second-order valence-electron chi connectivity index (χ2n) is 36.4. The highest BCUT2D eigenvalue weighted by Crippen LogP contribution is 2.57. The summed E-state index contributed by atoms with van der Waals surface area (Å²) in [6, 6.07) is 44.1. The molecule has 0 amide bonds. The summed E-state index contributed by atoms with van der Waals surface area (Å²) in [5.74, 6) is 11.5. The van der Waals surface area contributed by atoms with Crippen LogP contribution in [0.4, 0.5) is 13.2 Å². The predicted octanol–water partition coefficient (Wildman–Crippen LogP) is 18.8. The molecule has 18 heterocycles. The number of likely N-dealkylation sites (tertiary alicyclic amines) is 6. The van der Waals surface area contributed by atoms with Gasteiger partial charge in [-0.1, -0.05) is 24.3 Å². The Bertz CT molecular complexity index is 5840. The molecule has 24 rings (SSSR count). The van der Waals surface area contributed by atoms with E-state index in [-0.39, 0.29) is 58.3 Å². The molecular weight excluding hydrogens is 1600 g/mol. The first-order valence-corrected chi connectivity index (χ1v) is 43.3. The molecule has 22 nitrogen and oxygen atoms in total. The van der Waals surface area contributed by atoms with Crippen LogP contribution in [0.1, 0.15) is 166 Å². The first kappa shape index (κ1) is 83.3. The Balaban J connectivity index is 0.0000000988. The molecule has 4 N–H and O–H groups in total. The van der Waals surface area contributed by atoms with Crippen LogP contribution in [-0.2, 0) is 0 Å². The third-order valence-electron chi connectivity index (χ3n) is 26.9. The minimum Gasteiger partial charge on any atom is -0.508 e. The van der Waals surface area contributed by atoms with E-state index in [1.807, 2.05) is 132 Å². The number of benzene rings is 6. The molecule has 0 aliphatic carbocycles. The lowest BCUT2D eigenvalue weighted by Crippen LogP contribution is -2.14. The normalized spacial score (nSPS) is 23.7. The average Bonchev–Trinajstić information content (AvgIpc) is 1.65. The third kappa shape index (κ3) is 16.2. The number of aryl methyl sites for hydroxylation is 5. The summed E-state index contributed by atoms with van der Waals surface area (Å²) in [4.78, 5) is 41.2. The topological polar surface area (TPSA) is 233 Å². The van der Waals surface area contributed by atoms with Gasteiger partial charge >= 0.3 is 0 Å². The zero-order valence-corrected chi connectivity index (χ0v) is 72.5. The highest BCUT2D eigenvalue weighted by atomic mass is 19.1. The Labute approximate surface area is 731 Å². The van der Waals surface area contributed by atoms with Gasteiger partial charge in [-0.25, -0.2) is 13.2 Å². The smallest absolute Gasteiger partial charge is 0.168 e. The number of hydrogen-bond acceptors (Lipinski definition) is 22. The minimum absolute atomic E-state index is 0.0962. The summed E-state index contributed by atoms with van der Waals surface area (Å²) in [7, 11) is 12.7. The van der Waals surface area contributed by atoms with E-state index in [1.165, 1.54) is 36.0 Å². The number of ether oxygens (including phenoxy) is 6. The monoisotopic (exact) mass is 1700 g/mol. The van der Waals surface area contributed by atoms with E-state index in [1.54, 1.807) is 36.4 Å². The number of likely N-dealkylation sites (N-methyl/N-ethyl adjacent to an activating group) is 6. The lowest BCUT2D eigenvalue weighted by molar-refractivity contribution is 0.396. The van der Waals surface area contributed by atoms with Gasteiger partial charge in [-0.3, -0.25) is 29.9 Å². The lowest BCUT2D eigenvalue weighted by Gasteiger charge is -2.17. The van der Waals surface area contributed by atoms with E-state index in [0.717, 1.165) is 197 Å². The lowest BCUT2D eigenvalue weighted by atomic mass is 9.86. The number of aromatic hydroxyl groups is 4. The fourth-order valence-corrected chi connectivity index (χ4v) is 21.1. The fourth-order valence-electron chi connectivity index (χ4n) is 21.1. The van der Waals surface area contributed by atoms with Crippen molar-refractivity contribution in [1.29, 1.82) is 0 Å². The van der Waals surface area contributed by atoms with Gasteiger partial charge in [0.15, 0.2) is 17.3 Å². The number of hydrogen-bond donors (Lipinski definition) is 4. The van der Waals surface area contributed by atoms with Crippen molar-refractivity contribution in [3.63, 3.8) is 0 Å². The maximum absolute atomic E-state index is 14.0. The molecule has 12 aromatic rings. The number of halogens is 3. The van der Waals surface area contributed by atoms with Crippen LogP contribution >= 0.6 is 0 Å². The molecular formula is C101H103F3N12O10. The maximum atomic E-state index is 14.0. The molecule has 6 aromatic heterocycles. The molecule has 12 atom stereocenters. The van der Waals surface area contributed by atoms with Crippen LogP contribution in [0, 0.1) is 52.1 Å². The number of phenolic OH excluding ortho intramolecular Hbond substituents is 3. The summed E-state index contributed by atoms with van der Waals surface area (Å²) in [5.41, 5.74) is 16.9. The highest BCUT2D eigenvalue weighted by molar-refractivity contribution is 5.58. The molecule has 12 aliphatic rings. The van der Waals surface area contributed by atoms with Gasteiger partial charge in [0.1, 0.15) is 92.1 Å². The first-order chi connectivity index (χ1) is 60.7. The van der Waals surface area contributed by atoms with Crippen molar-refractivity contribution in [3.05, 3.63) is 296 Å². The van der Waals surface area contributed by atoms with E-state index in [4.69, 9.17) is 28.4 Å². The zero-order valence-electron chi connectivity index (χ0n) is 72.5. The molecule has 648 valence electrons. The zero-order chi connectivity index (χ0) is 87.4. The number of rotatable bonds is 0. The molecule has 0 radical (unpaired) electrons. The standard InChI is InChI=1S/2C18H19FN2O.C17H17FN2O2.C16H16N2O3.C16H16N2O2.C16H16N2O/c2*1-10-4-17-18(20-7-10)14-9-21(3)8-13(14)12-5-11(2)15(19)6-16(12)22-17;1-9-3-16-17(19-6-9)12-8-20(2)7-11(12)10-4-14(21)13(18)5-15(10)22-16;1-18-7-12-11-4-9(19)2-3-14(11)21-15-5-10(20)6-17-16(15)13(12)8-18;1-18-8-12-11-5-4-10(19)7-15(11)20-14-3-2-6-17-16(14)13(12)9-18;1-18-9-12-11-5-2-3-6-14(11)19-15-7-4-8-17-16(15)13(12)10-18/h2*4-7,13-14H,8-9H2,1-3H3;3-6,11-12,21H,7-8H2,1-2H3;2-6,12-13,19-20H,7-8H2,1H3;2-7,12-13,19H,8-9H2,1H3;2-8,12-13H,9-10H2,1H3/t2*13-,14-;11-,12-;3*12-,13-/m000000/s1. The van der Waals surface area contributed by atoms with Crippen LogP contribution in [-0.4, -0.2) is 201 Å². The van der Waals surface area contributed by atoms with Crippen molar-refractivity contribution in [2.45, 2.75) is 106 Å². The molecule has 6 saturated heterocycles. The molecule has 0 spiro atoms. The van der Waals surface area contributed by atoms with Crippen molar-refractivity contribution in [1.82, 2.24) is 59.3 Å². The van der Waals surface area contributed by atoms with Crippen molar-refractivity contribution < 1.29 is 62.0 Å². The Morgan fingerprint density at radius 1 is 0.254 bits per heavy atom. The molecule has 0 saturated carbocycles. The minimum atomic E-state index is -0.661. The Hall–Kier alpha value is -12.2. The van der Waals surface area contributed by atoms with Crippen molar-refractivity contribution >= 4 is 0 Å². The van der Waals surface area contributed by atoms with Crippen LogP contribution < -0.4 is 28.4 Å². The van der Waals surface area contributed by atoms with Crippen LogP contribution in [0.2, 0.25) is 0 Å². The molecule has 6 aromatic carbocycles. The largest absolute Gasteiger partial charge is 0.508 e. The number of para-hydroxylation sites is 1. The Morgan fingerprint density at radius 2 is 0.548 bits per heavy atom. The first-order valence-electron chi connectivity index (χ1n) is 43.3. The van der Waals surface area contributed by atoms with Gasteiger partial charge in [0.2, 0.25) is 0 Å². The van der Waals surface area contributed by atoms with Gasteiger partial charge in [-0.05, 0) is 201 Å². The van der Waals surface area contributed by atoms with Gasteiger partial charge in [0.25, 0.3) is 0 Å². The van der Waals surface area contributed by atoms with Crippen LogP contribution in [0.3, 0.4) is 0 Å². The summed E-state index contributed by atoms with van der Waals surface area (Å²) >= 11 is 0. The quantitative estimate of drug-likeness (QED) is 0.110. The van der Waals surface area contributed by atoms with Gasteiger partial charge in [-0.15, -0.1) is 0 Å². The van der Waals surface area contributed by atoms with E-state index in [9.17, 15) is 33.6 Å². The molecule has 25 heteroatoms. The molecule has 126 heavy (non-hydrogen) atoms. The van der Waals surface area contributed by atoms with E-state index < -0.39 is 5.82 Å². The summed E-state index contributed by atoms with van der Waals surface area (Å²) < 4.78 is 77.9. The molecule has 0 unspecified atom stereocenters. The summed E-state index contributed by atoms with van der Waals surface area (Å²) in [6.07, 6.45) is 10.8. The van der Waals surface area contributed by atoms with E-state index in [0.29, 0.717) is 87.2 Å². The Kier molecular flexibility index (Phi) is 22.4. The van der Waals surface area contributed by atoms with Crippen molar-refractivity contribution in [3.8, 4) is 92.0 Å². The van der Waals surface area contributed by atoms with Gasteiger partial charge in [0.05, 0.1) is 40.4 Å². The van der Waals surface area contributed by atoms with Gasteiger partial charge in [0, 0.05) is 239 Å². The van der Waals surface area contributed by atoms with E-state index >= 15 is 0 Å². The van der Waals surface area contributed by atoms with Gasteiger partial charge < -0.3 is 78.2 Å². The number of nitrogens with zero attached hydrogens (tertiary/aromatic N) is 12. The number of phenols is 3. The summed E-state index contributed by atoms with van der Waals surface area (Å²) in [5, 5.41) is 38.9. The van der Waals surface area contributed by atoms with Crippen LogP contribution in [0.15, 0.2) is 183 Å². The van der Waals surface area contributed by atoms with E-state index in [2.05, 4.69) is 120 Å². The molecule has 6 fully saturated rings. The van der Waals surface area contributed by atoms with Crippen molar-refractivity contribution in [2.75, 3.05) is 121 Å². The van der Waals surface area contributed by atoms with Crippen LogP contribution in [0.5, 0.6) is 92.0 Å². The number of pyridine rings is 6. The summed E-state index contributed by atoms with van der Waals surface area (Å²) in [6.45, 7) is 20.9. The fraction of sp³-hybridized carbons (Fsp3) is 0.347. The highest BCUT2D eigenvalue weighted by Gasteiger charge is 2.47. The number of fused-ring (bicyclic) bond motifs is 30.